The number of piperidine rings is 2. The van der Waals surface area contributed by atoms with Gasteiger partial charge in [0.1, 0.15) is 0 Å². The summed E-state index contributed by atoms with van der Waals surface area (Å²) in [4.78, 5) is 15.1. The minimum absolute atomic E-state index is 0.0836. The molecule has 0 aliphatic carbocycles. The maximum atomic E-state index is 12.7. The van der Waals surface area contributed by atoms with Crippen molar-refractivity contribution in [3.63, 3.8) is 0 Å². The number of amides is 1. The molecular formula is C18H26BrN3O3S. The molecule has 2 saturated heterocycles. The van der Waals surface area contributed by atoms with E-state index in [1.165, 1.54) is 4.31 Å². The first-order valence-corrected chi connectivity index (χ1v) is 11.3. The zero-order chi connectivity index (χ0) is 18.7. The van der Waals surface area contributed by atoms with E-state index in [4.69, 9.17) is 0 Å². The molecule has 1 N–H and O–H groups in total. The maximum absolute atomic E-state index is 12.7. The van der Waals surface area contributed by atoms with Crippen LogP contribution in [0.5, 0.6) is 0 Å². The van der Waals surface area contributed by atoms with Gasteiger partial charge in [-0.15, -0.1) is 0 Å². The molecule has 26 heavy (non-hydrogen) atoms. The Balaban J connectivity index is 1.53. The van der Waals surface area contributed by atoms with Gasteiger partial charge in [-0.1, -0.05) is 15.9 Å². The molecule has 0 radical (unpaired) electrons. The molecule has 2 fully saturated rings. The summed E-state index contributed by atoms with van der Waals surface area (Å²) in [6, 6.07) is 6.93. The molecule has 0 bridgehead atoms. The van der Waals surface area contributed by atoms with Crippen molar-refractivity contribution in [2.45, 2.75) is 36.6 Å². The zero-order valence-electron chi connectivity index (χ0n) is 15.0. The van der Waals surface area contributed by atoms with Gasteiger partial charge >= 0.3 is 0 Å². The Morgan fingerprint density at radius 3 is 2.19 bits per heavy atom. The summed E-state index contributed by atoms with van der Waals surface area (Å²) in [5, 5.41) is 3.16. The molecule has 2 aliphatic rings. The van der Waals surface area contributed by atoms with E-state index in [9.17, 15) is 13.2 Å². The first-order chi connectivity index (χ1) is 12.4. The number of hydrogen-bond acceptors (Lipinski definition) is 4. The number of likely N-dealkylation sites (tertiary alicyclic amines) is 1. The molecule has 0 spiro atoms. The third-order valence-electron chi connectivity index (χ3n) is 5.34. The molecule has 6 nitrogen and oxygen atoms in total. The topological polar surface area (TPSA) is 69.7 Å². The number of carbonyl (C=O) groups excluding carboxylic acids is 1. The lowest BCUT2D eigenvalue weighted by Crippen LogP contribution is -2.48. The zero-order valence-corrected chi connectivity index (χ0v) is 17.4. The maximum Gasteiger partial charge on any atom is 0.243 e. The molecule has 8 heteroatoms. The van der Waals surface area contributed by atoms with E-state index in [2.05, 4.69) is 33.2 Å². The average molecular weight is 444 g/mol. The fraction of sp³-hybridized carbons (Fsp3) is 0.611. The number of nitrogens with zero attached hydrogens (tertiary/aromatic N) is 2. The number of carbonyl (C=O) groups is 1. The van der Waals surface area contributed by atoms with Crippen molar-refractivity contribution in [3.8, 4) is 0 Å². The third-order valence-corrected chi connectivity index (χ3v) is 7.78. The summed E-state index contributed by atoms with van der Waals surface area (Å²) in [7, 11) is -1.39. The monoisotopic (exact) mass is 443 g/mol. The average Bonchev–Trinajstić information content (AvgIpc) is 2.64. The van der Waals surface area contributed by atoms with Crippen LogP contribution in [0.15, 0.2) is 33.6 Å². The molecule has 0 saturated carbocycles. The normalized spacial score (nSPS) is 21.6. The number of nitrogens with one attached hydrogen (secondary N) is 1. The molecule has 0 aromatic heterocycles. The van der Waals surface area contributed by atoms with Crippen LogP contribution in [0, 0.1) is 5.92 Å². The Hall–Kier alpha value is -0.960. The number of benzene rings is 1. The van der Waals surface area contributed by atoms with Gasteiger partial charge < -0.3 is 10.2 Å². The van der Waals surface area contributed by atoms with E-state index in [1.54, 1.807) is 24.3 Å². The lowest BCUT2D eigenvalue weighted by Gasteiger charge is -2.33. The fourth-order valence-corrected chi connectivity index (χ4v) is 5.32. The van der Waals surface area contributed by atoms with Gasteiger partial charge in [0.2, 0.25) is 15.9 Å². The SMILES string of the molecule is CN1CCC(NC(=O)C2CCN(S(=O)(=O)c3ccc(Br)cc3)CC2)CC1. The third kappa shape index (κ3) is 4.65. The van der Waals surface area contributed by atoms with Crippen LogP contribution >= 0.6 is 15.9 Å². The van der Waals surface area contributed by atoms with E-state index in [0.29, 0.717) is 30.8 Å². The molecule has 2 aliphatic heterocycles. The van der Waals surface area contributed by atoms with Gasteiger partial charge in [0.15, 0.2) is 0 Å². The van der Waals surface area contributed by atoms with Crippen molar-refractivity contribution in [1.29, 1.82) is 0 Å². The molecule has 1 aromatic carbocycles. The molecule has 0 atom stereocenters. The number of rotatable bonds is 4. The van der Waals surface area contributed by atoms with Crippen LogP contribution in [0.4, 0.5) is 0 Å². The lowest BCUT2D eigenvalue weighted by atomic mass is 9.96. The molecule has 1 aromatic rings. The number of hydrogen-bond donors (Lipinski definition) is 1. The second-order valence-corrected chi connectivity index (χ2v) is 10.1. The van der Waals surface area contributed by atoms with E-state index in [1.807, 2.05) is 0 Å². The smallest absolute Gasteiger partial charge is 0.243 e. The first kappa shape index (κ1) is 19.8. The highest BCUT2D eigenvalue weighted by molar-refractivity contribution is 9.10. The summed E-state index contributed by atoms with van der Waals surface area (Å²) in [5.41, 5.74) is 0. The van der Waals surface area contributed by atoms with E-state index in [0.717, 1.165) is 30.4 Å². The highest BCUT2D eigenvalue weighted by Gasteiger charge is 2.32. The lowest BCUT2D eigenvalue weighted by molar-refractivity contribution is -0.127. The highest BCUT2D eigenvalue weighted by atomic mass is 79.9. The summed E-state index contributed by atoms with van der Waals surface area (Å²) < 4.78 is 27.8. The van der Waals surface area contributed by atoms with Gasteiger partial charge in [-0.3, -0.25) is 4.79 Å². The minimum Gasteiger partial charge on any atom is -0.353 e. The second-order valence-electron chi connectivity index (χ2n) is 7.22. The molecule has 3 rings (SSSR count). The largest absolute Gasteiger partial charge is 0.353 e. The molecule has 2 heterocycles. The van der Waals surface area contributed by atoms with E-state index < -0.39 is 10.0 Å². The second kappa shape index (κ2) is 8.37. The van der Waals surface area contributed by atoms with Crippen molar-refractivity contribution < 1.29 is 13.2 Å². The van der Waals surface area contributed by atoms with Crippen molar-refractivity contribution in [1.82, 2.24) is 14.5 Å². The number of halogens is 1. The van der Waals surface area contributed by atoms with Crippen LogP contribution in [-0.2, 0) is 14.8 Å². The first-order valence-electron chi connectivity index (χ1n) is 9.11. The fourth-order valence-electron chi connectivity index (χ4n) is 3.59. The predicted molar refractivity (Wildman–Crippen MR) is 104 cm³/mol. The molecule has 1 amide bonds. The molecular weight excluding hydrogens is 418 g/mol. The van der Waals surface area contributed by atoms with Crippen LogP contribution in [0.1, 0.15) is 25.7 Å². The van der Waals surface area contributed by atoms with Gasteiger partial charge in [0.05, 0.1) is 4.90 Å². The van der Waals surface area contributed by atoms with Crippen molar-refractivity contribution in [2.24, 2.45) is 5.92 Å². The standard InChI is InChI=1S/C18H26BrN3O3S/c1-21-10-8-16(9-11-21)20-18(23)14-6-12-22(13-7-14)26(24,25)17-4-2-15(19)3-5-17/h2-5,14,16H,6-13H2,1H3,(H,20,23). The quantitative estimate of drug-likeness (QED) is 0.772. The summed E-state index contributed by atoms with van der Waals surface area (Å²) in [6.07, 6.45) is 3.13. The van der Waals surface area contributed by atoms with Gasteiger partial charge in [-0.05, 0) is 70.1 Å². The Labute approximate surface area is 164 Å². The van der Waals surface area contributed by atoms with Crippen molar-refractivity contribution >= 4 is 31.9 Å². The van der Waals surface area contributed by atoms with Crippen LogP contribution in [0.25, 0.3) is 0 Å². The Bertz CT molecular complexity index is 723. The van der Waals surface area contributed by atoms with E-state index in [-0.39, 0.29) is 17.9 Å². The summed E-state index contributed by atoms with van der Waals surface area (Å²) >= 11 is 3.32. The van der Waals surface area contributed by atoms with Gasteiger partial charge in [-0.25, -0.2) is 8.42 Å². The van der Waals surface area contributed by atoms with Gasteiger partial charge in [0.25, 0.3) is 0 Å². The van der Waals surface area contributed by atoms with E-state index >= 15 is 0 Å². The van der Waals surface area contributed by atoms with Crippen molar-refractivity contribution in [2.75, 3.05) is 33.2 Å². The van der Waals surface area contributed by atoms with Gasteiger partial charge in [-0.2, -0.15) is 4.31 Å². The Morgan fingerprint density at radius 1 is 1.04 bits per heavy atom. The highest BCUT2D eigenvalue weighted by Crippen LogP contribution is 2.25. The summed E-state index contributed by atoms with van der Waals surface area (Å²) in [6.45, 7) is 2.80. The van der Waals surface area contributed by atoms with Crippen LogP contribution in [0.2, 0.25) is 0 Å². The Morgan fingerprint density at radius 2 is 1.62 bits per heavy atom. The van der Waals surface area contributed by atoms with Crippen molar-refractivity contribution in [3.05, 3.63) is 28.7 Å². The molecule has 0 unspecified atom stereocenters. The number of sulfonamides is 1. The molecule has 144 valence electrons. The minimum atomic E-state index is -3.49. The van der Waals surface area contributed by atoms with Gasteiger partial charge in [0, 0.05) is 29.5 Å². The Kier molecular flexibility index (Phi) is 6.37. The summed E-state index contributed by atoms with van der Waals surface area (Å²) in [5.74, 6) is -0.00809. The predicted octanol–water partition coefficient (Wildman–Crippen LogP) is 2.06. The van der Waals surface area contributed by atoms with Crippen LogP contribution < -0.4 is 5.32 Å². The van der Waals surface area contributed by atoms with Crippen LogP contribution in [-0.4, -0.2) is 62.8 Å². The van der Waals surface area contributed by atoms with Crippen LogP contribution in [0.3, 0.4) is 0 Å².